The van der Waals surface area contributed by atoms with Crippen LogP contribution in [0.25, 0.3) is 0 Å². The molecular weight excluding hydrogens is 297 g/mol. The molecule has 0 aliphatic carbocycles. The molecule has 1 N–H and O–H groups in total. The number of carbonyl (C=O) groups excluding carboxylic acids is 1. The lowest BCUT2D eigenvalue weighted by Gasteiger charge is -2.24. The highest BCUT2D eigenvalue weighted by molar-refractivity contribution is 5.82. The fourth-order valence-electron chi connectivity index (χ4n) is 2.33. The van der Waals surface area contributed by atoms with Gasteiger partial charge in [-0.2, -0.15) is 0 Å². The van der Waals surface area contributed by atoms with Gasteiger partial charge in [0, 0.05) is 13.1 Å². The number of halogens is 1. The van der Waals surface area contributed by atoms with Crippen molar-refractivity contribution in [3.05, 3.63) is 65.5 Å². The van der Waals surface area contributed by atoms with E-state index in [9.17, 15) is 14.3 Å². The Kier molecular flexibility index (Phi) is 5.71. The maximum Gasteiger partial charge on any atom is 0.256 e. The molecule has 0 saturated heterocycles. The van der Waals surface area contributed by atoms with Crippen molar-refractivity contribution >= 4 is 5.91 Å². The molecule has 0 aliphatic heterocycles. The van der Waals surface area contributed by atoms with Gasteiger partial charge in [0.25, 0.3) is 5.91 Å². The van der Waals surface area contributed by atoms with E-state index in [0.717, 1.165) is 0 Å². The van der Waals surface area contributed by atoms with Gasteiger partial charge in [0.2, 0.25) is 0 Å². The number of ether oxygens (including phenoxy) is 1. The Morgan fingerprint density at radius 3 is 2.65 bits per heavy atom. The summed E-state index contributed by atoms with van der Waals surface area (Å²) in [6.07, 6.45) is -1.28. The summed E-state index contributed by atoms with van der Waals surface area (Å²) in [6.45, 7) is 2.47. The van der Waals surface area contributed by atoms with Crippen molar-refractivity contribution in [1.82, 2.24) is 4.90 Å². The number of aliphatic hydroxyl groups is 1. The zero-order valence-corrected chi connectivity index (χ0v) is 13.2. The van der Waals surface area contributed by atoms with Gasteiger partial charge < -0.3 is 14.7 Å². The van der Waals surface area contributed by atoms with Crippen molar-refractivity contribution in [2.45, 2.75) is 19.6 Å². The number of benzene rings is 2. The Balaban J connectivity index is 2.15. The second-order valence-electron chi connectivity index (χ2n) is 5.16. The Labute approximate surface area is 135 Å². The molecule has 1 unspecified atom stereocenters. The highest BCUT2D eigenvalue weighted by Crippen LogP contribution is 2.21. The van der Waals surface area contributed by atoms with Gasteiger partial charge in [-0.05, 0) is 42.3 Å². The van der Waals surface area contributed by atoms with Crippen molar-refractivity contribution in [3.63, 3.8) is 0 Å². The highest BCUT2D eigenvalue weighted by Gasteiger charge is 2.23. The van der Waals surface area contributed by atoms with Crippen LogP contribution >= 0.6 is 0 Å². The standard InChI is InChI=1S/C18H20FNO3/c1-3-20(12-13-6-4-8-15(19)10-13)18(22)17(21)14-7-5-9-16(11-14)23-2/h4-11,17,21H,3,12H2,1-2H3. The van der Waals surface area contributed by atoms with Gasteiger partial charge in [0.15, 0.2) is 6.10 Å². The van der Waals surface area contributed by atoms with E-state index in [1.165, 1.54) is 24.1 Å². The summed E-state index contributed by atoms with van der Waals surface area (Å²) in [7, 11) is 1.52. The van der Waals surface area contributed by atoms with E-state index in [4.69, 9.17) is 4.74 Å². The van der Waals surface area contributed by atoms with Crippen LogP contribution in [-0.4, -0.2) is 29.6 Å². The van der Waals surface area contributed by atoms with Crippen LogP contribution in [0.3, 0.4) is 0 Å². The summed E-state index contributed by atoms with van der Waals surface area (Å²) in [5.74, 6) is -0.202. The van der Waals surface area contributed by atoms with E-state index in [-0.39, 0.29) is 12.4 Å². The maximum atomic E-state index is 13.3. The first kappa shape index (κ1) is 17.0. The Morgan fingerprint density at radius 2 is 2.00 bits per heavy atom. The number of hydrogen-bond donors (Lipinski definition) is 1. The van der Waals surface area contributed by atoms with E-state index in [2.05, 4.69) is 0 Å². The van der Waals surface area contributed by atoms with Gasteiger partial charge >= 0.3 is 0 Å². The van der Waals surface area contributed by atoms with E-state index in [1.54, 1.807) is 36.4 Å². The average Bonchev–Trinajstić information content (AvgIpc) is 2.58. The third-order valence-electron chi connectivity index (χ3n) is 3.60. The van der Waals surface area contributed by atoms with Crippen molar-refractivity contribution in [2.24, 2.45) is 0 Å². The minimum absolute atomic E-state index is 0.244. The lowest BCUT2D eigenvalue weighted by molar-refractivity contribution is -0.141. The third kappa shape index (κ3) is 4.29. The molecule has 0 bridgehead atoms. The van der Waals surface area contributed by atoms with Crippen LogP contribution in [0.2, 0.25) is 0 Å². The summed E-state index contributed by atoms with van der Waals surface area (Å²) in [5.41, 5.74) is 1.14. The molecule has 0 spiro atoms. The van der Waals surface area contributed by atoms with Gasteiger partial charge in [-0.25, -0.2) is 4.39 Å². The zero-order valence-electron chi connectivity index (χ0n) is 13.2. The molecule has 122 valence electrons. The minimum atomic E-state index is -1.28. The number of rotatable bonds is 6. The number of nitrogens with zero attached hydrogens (tertiary/aromatic N) is 1. The van der Waals surface area contributed by atoms with E-state index < -0.39 is 12.0 Å². The van der Waals surface area contributed by atoms with Crippen LogP contribution in [0.5, 0.6) is 5.75 Å². The van der Waals surface area contributed by atoms with Gasteiger partial charge in [-0.3, -0.25) is 4.79 Å². The molecular formula is C18H20FNO3. The summed E-state index contributed by atoms with van der Waals surface area (Å²) < 4.78 is 18.4. The lowest BCUT2D eigenvalue weighted by Crippen LogP contribution is -2.34. The molecule has 0 radical (unpaired) electrons. The Hall–Kier alpha value is -2.40. The van der Waals surface area contributed by atoms with Crippen molar-refractivity contribution < 1.29 is 19.0 Å². The summed E-state index contributed by atoms with van der Waals surface area (Å²) >= 11 is 0. The van der Waals surface area contributed by atoms with Crippen LogP contribution in [-0.2, 0) is 11.3 Å². The largest absolute Gasteiger partial charge is 0.497 e. The van der Waals surface area contributed by atoms with Crippen molar-refractivity contribution in [1.29, 1.82) is 0 Å². The molecule has 0 aromatic heterocycles. The zero-order chi connectivity index (χ0) is 16.8. The van der Waals surface area contributed by atoms with Gasteiger partial charge in [0.05, 0.1) is 7.11 Å². The second kappa shape index (κ2) is 7.74. The van der Waals surface area contributed by atoms with Crippen LogP contribution in [0.15, 0.2) is 48.5 Å². The highest BCUT2D eigenvalue weighted by atomic mass is 19.1. The Bertz CT molecular complexity index is 675. The van der Waals surface area contributed by atoms with Crippen LogP contribution < -0.4 is 4.74 Å². The summed E-state index contributed by atoms with van der Waals surface area (Å²) in [6, 6.07) is 12.8. The first-order chi connectivity index (χ1) is 11.0. The van der Waals surface area contributed by atoms with Crippen molar-refractivity contribution in [3.8, 4) is 5.75 Å². The number of likely N-dealkylation sites (N-methyl/N-ethyl adjacent to an activating group) is 1. The van der Waals surface area contributed by atoms with E-state index in [0.29, 0.717) is 23.4 Å². The molecule has 1 atom stereocenters. The molecule has 4 nitrogen and oxygen atoms in total. The normalized spacial score (nSPS) is 11.8. The smallest absolute Gasteiger partial charge is 0.256 e. The molecule has 0 saturated carbocycles. The summed E-state index contributed by atoms with van der Waals surface area (Å²) in [4.78, 5) is 14.0. The van der Waals surface area contributed by atoms with Crippen LogP contribution in [0.1, 0.15) is 24.2 Å². The van der Waals surface area contributed by atoms with Gasteiger partial charge in [-0.15, -0.1) is 0 Å². The second-order valence-corrected chi connectivity index (χ2v) is 5.16. The monoisotopic (exact) mass is 317 g/mol. The van der Waals surface area contributed by atoms with Crippen LogP contribution in [0, 0.1) is 5.82 Å². The van der Waals surface area contributed by atoms with Gasteiger partial charge in [-0.1, -0.05) is 24.3 Å². The maximum absolute atomic E-state index is 13.3. The van der Waals surface area contributed by atoms with Crippen LogP contribution in [0.4, 0.5) is 4.39 Å². The first-order valence-corrected chi connectivity index (χ1v) is 7.40. The first-order valence-electron chi connectivity index (χ1n) is 7.40. The molecule has 0 aliphatic rings. The number of hydrogen-bond acceptors (Lipinski definition) is 3. The van der Waals surface area contributed by atoms with E-state index in [1.807, 2.05) is 6.92 Å². The minimum Gasteiger partial charge on any atom is -0.497 e. The molecule has 5 heteroatoms. The molecule has 0 fully saturated rings. The summed E-state index contributed by atoms with van der Waals surface area (Å²) in [5, 5.41) is 10.3. The number of amides is 1. The fourth-order valence-corrected chi connectivity index (χ4v) is 2.33. The molecule has 2 aromatic rings. The molecule has 23 heavy (non-hydrogen) atoms. The number of carbonyl (C=O) groups is 1. The SMILES string of the molecule is CCN(Cc1cccc(F)c1)C(=O)C(O)c1cccc(OC)c1. The third-order valence-corrected chi connectivity index (χ3v) is 3.60. The molecule has 1 amide bonds. The predicted octanol–water partition coefficient (Wildman–Crippen LogP) is 2.92. The fraction of sp³-hybridized carbons (Fsp3) is 0.278. The Morgan fingerprint density at radius 1 is 1.26 bits per heavy atom. The average molecular weight is 317 g/mol. The quantitative estimate of drug-likeness (QED) is 0.891. The number of aliphatic hydroxyl groups excluding tert-OH is 1. The molecule has 0 heterocycles. The number of methoxy groups -OCH3 is 1. The topological polar surface area (TPSA) is 49.8 Å². The molecule has 2 rings (SSSR count). The van der Waals surface area contributed by atoms with Crippen molar-refractivity contribution in [2.75, 3.05) is 13.7 Å². The predicted molar refractivity (Wildman–Crippen MR) is 85.4 cm³/mol. The molecule has 2 aromatic carbocycles. The van der Waals surface area contributed by atoms with E-state index >= 15 is 0 Å². The lowest BCUT2D eigenvalue weighted by atomic mass is 10.1. The van der Waals surface area contributed by atoms with Gasteiger partial charge in [0.1, 0.15) is 11.6 Å².